The fourth-order valence-corrected chi connectivity index (χ4v) is 0.102. The summed E-state index contributed by atoms with van der Waals surface area (Å²) in [4.78, 5) is 9.28. The fraction of sp³-hybridized carbons (Fsp3) is 0.750. The fourth-order valence-electron chi connectivity index (χ4n) is 0.102. The van der Waals surface area contributed by atoms with Crippen LogP contribution in [0.4, 0.5) is 0 Å². The van der Waals surface area contributed by atoms with Crippen LogP contribution >= 0.6 is 0 Å². The standard InChI is InChI=1S/C4H7O.Re/c1-2-3-4-5;/h2-3H2,1H3;/q-1;. The molecule has 0 heterocycles. The van der Waals surface area contributed by atoms with Gasteiger partial charge < -0.3 is 4.79 Å². The van der Waals surface area contributed by atoms with Crippen molar-refractivity contribution in [1.82, 2.24) is 0 Å². The van der Waals surface area contributed by atoms with Crippen molar-refractivity contribution in [3.8, 4) is 0 Å². The molecule has 0 N–H and O–H groups in total. The molecule has 2 heteroatoms. The Morgan fingerprint density at radius 2 is 2.17 bits per heavy atom. The second-order valence-corrected chi connectivity index (χ2v) is 0.894. The zero-order chi connectivity index (χ0) is 4.12. The van der Waals surface area contributed by atoms with Crippen molar-refractivity contribution in [1.29, 1.82) is 0 Å². The van der Waals surface area contributed by atoms with E-state index in [0.29, 0.717) is 6.42 Å². The third-order valence-corrected chi connectivity index (χ3v) is 0.352. The zero-order valence-electron chi connectivity index (χ0n) is 3.70. The van der Waals surface area contributed by atoms with Gasteiger partial charge in [-0.15, -0.1) is 0 Å². The second-order valence-electron chi connectivity index (χ2n) is 0.894. The minimum atomic E-state index is 0. The Balaban J connectivity index is 0. The number of hydrogen-bond acceptors (Lipinski definition) is 1. The summed E-state index contributed by atoms with van der Waals surface area (Å²) in [5.41, 5.74) is 0. The third kappa shape index (κ3) is 8.84. The molecule has 0 aliphatic rings. The maximum absolute atomic E-state index is 9.28. The molecule has 0 bridgehead atoms. The van der Waals surface area contributed by atoms with Crippen molar-refractivity contribution in [2.75, 3.05) is 0 Å². The molecule has 0 aromatic carbocycles. The number of carbonyl (C=O) groups excluding carboxylic acids is 1. The maximum Gasteiger partial charge on any atom is 0 e. The minimum Gasteiger partial charge on any atom is -0.542 e. The quantitative estimate of drug-likeness (QED) is 0.672. The number of hydrogen-bond donors (Lipinski definition) is 0. The molecule has 6 heavy (non-hydrogen) atoms. The van der Waals surface area contributed by atoms with Crippen LogP contribution in [0.15, 0.2) is 0 Å². The topological polar surface area (TPSA) is 17.1 Å². The summed E-state index contributed by atoms with van der Waals surface area (Å²) in [6, 6.07) is 0. The van der Waals surface area contributed by atoms with E-state index in [1.165, 1.54) is 0 Å². The Bertz CT molecular complexity index is 28.7. The van der Waals surface area contributed by atoms with Gasteiger partial charge in [-0.05, 0) is 0 Å². The molecule has 0 aliphatic carbocycles. The first-order valence-electron chi connectivity index (χ1n) is 1.76. The molecule has 0 rings (SSSR count). The van der Waals surface area contributed by atoms with Crippen molar-refractivity contribution < 1.29 is 25.2 Å². The van der Waals surface area contributed by atoms with Gasteiger partial charge >= 0.3 is 0 Å². The average molecular weight is 257 g/mol. The summed E-state index contributed by atoms with van der Waals surface area (Å²) in [5.74, 6) is 0. The van der Waals surface area contributed by atoms with Gasteiger partial charge in [-0.3, -0.25) is 6.29 Å². The normalized spacial score (nSPS) is 6.17. The summed E-state index contributed by atoms with van der Waals surface area (Å²) >= 11 is 0. The van der Waals surface area contributed by atoms with Gasteiger partial charge in [0.1, 0.15) is 0 Å². The molecule has 0 unspecified atom stereocenters. The first-order valence-corrected chi connectivity index (χ1v) is 1.76. The van der Waals surface area contributed by atoms with E-state index in [2.05, 4.69) is 0 Å². The molecule has 37 valence electrons. The van der Waals surface area contributed by atoms with Gasteiger partial charge in [0.25, 0.3) is 0 Å². The molecule has 0 aliphatic heterocycles. The van der Waals surface area contributed by atoms with Crippen LogP contribution in [0.2, 0.25) is 0 Å². The van der Waals surface area contributed by atoms with Crippen LogP contribution in [0.3, 0.4) is 0 Å². The molecule has 0 aromatic rings. The van der Waals surface area contributed by atoms with E-state index in [1.807, 2.05) is 6.92 Å². The average Bonchev–Trinajstić information content (AvgIpc) is 1.41. The Labute approximate surface area is 51.8 Å². The Morgan fingerprint density at radius 1 is 1.67 bits per heavy atom. The maximum atomic E-state index is 9.28. The van der Waals surface area contributed by atoms with E-state index in [1.54, 1.807) is 6.29 Å². The molecule has 0 spiro atoms. The molecule has 0 atom stereocenters. The van der Waals surface area contributed by atoms with Crippen LogP contribution in [0.1, 0.15) is 19.8 Å². The molecule has 0 aromatic heterocycles. The second kappa shape index (κ2) is 9.01. The van der Waals surface area contributed by atoms with Crippen LogP contribution in [0.25, 0.3) is 0 Å². The van der Waals surface area contributed by atoms with E-state index in [4.69, 9.17) is 0 Å². The van der Waals surface area contributed by atoms with Crippen molar-refractivity contribution in [2.24, 2.45) is 0 Å². The van der Waals surface area contributed by atoms with Crippen molar-refractivity contribution in [3.63, 3.8) is 0 Å². The smallest absolute Gasteiger partial charge is 0 e. The summed E-state index contributed by atoms with van der Waals surface area (Å²) in [5, 5.41) is 0. The Hall–Kier alpha value is 0.332. The summed E-state index contributed by atoms with van der Waals surface area (Å²) in [7, 11) is 0. The summed E-state index contributed by atoms with van der Waals surface area (Å²) < 4.78 is 0. The van der Waals surface area contributed by atoms with E-state index in [-0.39, 0.29) is 20.4 Å². The van der Waals surface area contributed by atoms with Crippen LogP contribution in [-0.4, -0.2) is 6.29 Å². The van der Waals surface area contributed by atoms with Gasteiger partial charge in [0.05, 0.1) is 0 Å². The predicted molar refractivity (Wildman–Crippen MR) is 20.6 cm³/mol. The molecule has 1 nitrogen and oxygen atoms in total. The van der Waals surface area contributed by atoms with E-state index < -0.39 is 0 Å². The molecule has 0 fully saturated rings. The number of rotatable bonds is 2. The molecular weight excluding hydrogens is 250 g/mol. The first kappa shape index (κ1) is 9.59. The van der Waals surface area contributed by atoms with Crippen molar-refractivity contribution in [3.05, 3.63) is 0 Å². The van der Waals surface area contributed by atoms with E-state index in [9.17, 15) is 4.79 Å². The van der Waals surface area contributed by atoms with Gasteiger partial charge in [0.15, 0.2) is 0 Å². The van der Waals surface area contributed by atoms with Gasteiger partial charge in [-0.2, -0.15) is 6.42 Å². The molecule has 0 saturated heterocycles. The summed E-state index contributed by atoms with van der Waals surface area (Å²) in [6.45, 7) is 1.95. The van der Waals surface area contributed by atoms with Gasteiger partial charge in [0, 0.05) is 20.4 Å². The van der Waals surface area contributed by atoms with Crippen molar-refractivity contribution >= 4 is 6.29 Å². The molecule has 0 amide bonds. The number of unbranched alkanes of at least 4 members (excludes halogenated alkanes) is 1. The van der Waals surface area contributed by atoms with Crippen molar-refractivity contribution in [2.45, 2.75) is 19.8 Å². The SMILES string of the molecule is CCC[C-]=O.[Re]. The minimum absolute atomic E-state index is 0. The Morgan fingerprint density at radius 3 is 2.17 bits per heavy atom. The van der Waals surface area contributed by atoms with Gasteiger partial charge in [0.2, 0.25) is 0 Å². The Kier molecular flexibility index (Phi) is 14.4. The largest absolute Gasteiger partial charge is 0.542 e. The summed E-state index contributed by atoms with van der Waals surface area (Å²) in [6.07, 6.45) is 3.27. The van der Waals surface area contributed by atoms with Crippen LogP contribution in [0, 0.1) is 0 Å². The molecular formula is C4H7ORe-. The van der Waals surface area contributed by atoms with Crippen LogP contribution < -0.4 is 0 Å². The zero-order valence-corrected chi connectivity index (χ0v) is 6.42. The van der Waals surface area contributed by atoms with Gasteiger partial charge in [-0.1, -0.05) is 13.3 Å². The van der Waals surface area contributed by atoms with E-state index >= 15 is 0 Å². The monoisotopic (exact) mass is 258 g/mol. The molecule has 0 saturated carbocycles. The third-order valence-electron chi connectivity index (χ3n) is 0.352. The first-order chi connectivity index (χ1) is 2.41. The van der Waals surface area contributed by atoms with E-state index in [0.717, 1.165) is 6.42 Å². The van der Waals surface area contributed by atoms with Gasteiger partial charge in [-0.25, -0.2) is 0 Å². The predicted octanol–water partition coefficient (Wildman–Crippen LogP) is 0.894. The van der Waals surface area contributed by atoms with Crippen LogP contribution in [-0.2, 0) is 25.2 Å². The molecule has 1 radical (unpaired) electrons. The van der Waals surface area contributed by atoms with Crippen LogP contribution in [0.5, 0.6) is 0 Å².